The third-order valence-electron chi connectivity index (χ3n) is 3.68. The Morgan fingerprint density at radius 3 is 2.82 bits per heavy atom. The molecule has 0 amide bonds. The van der Waals surface area contributed by atoms with Gasteiger partial charge in [-0.05, 0) is 63.3 Å². The number of hydrogen-bond acceptors (Lipinski definition) is 3. The van der Waals surface area contributed by atoms with E-state index in [9.17, 15) is 4.79 Å². The first-order chi connectivity index (χ1) is 10.5. The van der Waals surface area contributed by atoms with Crippen molar-refractivity contribution >= 4 is 11.0 Å². The Morgan fingerprint density at radius 2 is 2.05 bits per heavy atom. The minimum atomic E-state index is -0.327. The highest BCUT2D eigenvalue weighted by molar-refractivity contribution is 5.77. The zero-order chi connectivity index (χ0) is 15.9. The van der Waals surface area contributed by atoms with Crippen LogP contribution in [-0.2, 0) is 0 Å². The molecule has 1 aromatic carbocycles. The molecule has 1 aromatic heterocycles. The second kappa shape index (κ2) is 7.83. The van der Waals surface area contributed by atoms with Gasteiger partial charge in [-0.3, -0.25) is 0 Å². The average Bonchev–Trinajstić information content (AvgIpc) is 2.47. The van der Waals surface area contributed by atoms with Crippen LogP contribution >= 0.6 is 0 Å². The molecule has 0 unspecified atom stereocenters. The predicted molar refractivity (Wildman–Crippen MR) is 90.4 cm³/mol. The van der Waals surface area contributed by atoms with Crippen LogP contribution in [0.25, 0.3) is 11.0 Å². The van der Waals surface area contributed by atoms with Gasteiger partial charge in [0.15, 0.2) is 0 Å². The average molecular weight is 300 g/mol. The number of benzene rings is 1. The van der Waals surface area contributed by atoms with Crippen LogP contribution in [0, 0.1) is 5.92 Å². The molecular weight excluding hydrogens is 276 g/mol. The maximum Gasteiger partial charge on any atom is 0.336 e. The molecule has 2 rings (SSSR count). The smallest absolute Gasteiger partial charge is 0.336 e. The Kier molecular flexibility index (Phi) is 5.82. The van der Waals surface area contributed by atoms with E-state index in [0.717, 1.165) is 24.0 Å². The largest absolute Gasteiger partial charge is 0.494 e. The SMILES string of the molecule is CC(C)=CCC[C@H](C)CCOc1ccc2oc(=O)ccc2c1. The molecule has 0 aliphatic carbocycles. The monoisotopic (exact) mass is 300 g/mol. The minimum absolute atomic E-state index is 0.327. The Balaban J connectivity index is 1.83. The van der Waals surface area contributed by atoms with E-state index >= 15 is 0 Å². The zero-order valence-electron chi connectivity index (χ0n) is 13.6. The lowest BCUT2D eigenvalue weighted by Gasteiger charge is -2.11. The molecule has 118 valence electrons. The van der Waals surface area contributed by atoms with E-state index in [0.29, 0.717) is 18.1 Å². The van der Waals surface area contributed by atoms with Crippen molar-refractivity contribution in [1.82, 2.24) is 0 Å². The van der Waals surface area contributed by atoms with Gasteiger partial charge in [-0.25, -0.2) is 4.79 Å². The Labute approximate surface area is 131 Å². The van der Waals surface area contributed by atoms with Crippen molar-refractivity contribution in [2.45, 2.75) is 40.0 Å². The quantitative estimate of drug-likeness (QED) is 0.537. The lowest BCUT2D eigenvalue weighted by Crippen LogP contribution is -2.04. The van der Waals surface area contributed by atoms with Gasteiger partial charge in [0, 0.05) is 11.5 Å². The summed E-state index contributed by atoms with van der Waals surface area (Å²) in [5, 5.41) is 0.883. The van der Waals surface area contributed by atoms with E-state index in [1.165, 1.54) is 18.1 Å². The fourth-order valence-corrected chi connectivity index (χ4v) is 2.32. The van der Waals surface area contributed by atoms with Crippen molar-refractivity contribution in [2.75, 3.05) is 6.61 Å². The summed E-state index contributed by atoms with van der Waals surface area (Å²) in [5.74, 6) is 1.46. The molecule has 3 nitrogen and oxygen atoms in total. The van der Waals surface area contributed by atoms with Crippen LogP contribution in [0.4, 0.5) is 0 Å². The highest BCUT2D eigenvalue weighted by Crippen LogP contribution is 2.20. The fourth-order valence-electron chi connectivity index (χ4n) is 2.32. The normalized spacial score (nSPS) is 12.1. The second-order valence-electron chi connectivity index (χ2n) is 6.06. The van der Waals surface area contributed by atoms with E-state index in [4.69, 9.17) is 9.15 Å². The van der Waals surface area contributed by atoms with Crippen molar-refractivity contribution in [1.29, 1.82) is 0 Å². The first kappa shape index (κ1) is 16.3. The van der Waals surface area contributed by atoms with Gasteiger partial charge in [-0.2, -0.15) is 0 Å². The molecule has 0 fully saturated rings. The standard InChI is InChI=1S/C19H24O3/c1-14(2)5-4-6-15(3)11-12-21-17-8-9-18-16(13-17)7-10-19(20)22-18/h5,7-10,13,15H,4,6,11-12H2,1-3H3/t15-/m0/s1. The van der Waals surface area contributed by atoms with Crippen molar-refractivity contribution in [3.05, 3.63) is 52.4 Å². The van der Waals surface area contributed by atoms with Crippen LogP contribution in [0.3, 0.4) is 0 Å². The maximum absolute atomic E-state index is 11.1. The fraction of sp³-hybridized carbons (Fsp3) is 0.421. The summed E-state index contributed by atoms with van der Waals surface area (Å²) in [6.07, 6.45) is 5.66. The summed E-state index contributed by atoms with van der Waals surface area (Å²) in [6, 6.07) is 8.73. The van der Waals surface area contributed by atoms with Crippen LogP contribution in [-0.4, -0.2) is 6.61 Å². The summed E-state index contributed by atoms with van der Waals surface area (Å²) in [5.41, 5.74) is 1.65. The summed E-state index contributed by atoms with van der Waals surface area (Å²) < 4.78 is 10.9. The molecule has 1 heterocycles. The lowest BCUT2D eigenvalue weighted by atomic mass is 10.0. The highest BCUT2D eigenvalue weighted by atomic mass is 16.5. The molecule has 0 radical (unpaired) electrons. The third-order valence-corrected chi connectivity index (χ3v) is 3.68. The predicted octanol–water partition coefficient (Wildman–Crippen LogP) is 4.94. The molecule has 0 bridgehead atoms. The van der Waals surface area contributed by atoms with E-state index in [2.05, 4.69) is 26.8 Å². The topological polar surface area (TPSA) is 39.4 Å². The van der Waals surface area contributed by atoms with Crippen LogP contribution in [0.2, 0.25) is 0 Å². The Bertz CT molecular complexity index is 693. The molecule has 0 saturated heterocycles. The molecular formula is C19H24O3. The van der Waals surface area contributed by atoms with Gasteiger partial charge in [-0.15, -0.1) is 0 Å². The number of allylic oxidation sites excluding steroid dienone is 2. The van der Waals surface area contributed by atoms with Crippen molar-refractivity contribution < 1.29 is 9.15 Å². The minimum Gasteiger partial charge on any atom is -0.494 e. The Morgan fingerprint density at radius 1 is 1.23 bits per heavy atom. The van der Waals surface area contributed by atoms with Gasteiger partial charge in [0.25, 0.3) is 0 Å². The molecule has 0 N–H and O–H groups in total. The van der Waals surface area contributed by atoms with Crippen LogP contribution in [0.1, 0.15) is 40.0 Å². The molecule has 0 saturated carbocycles. The van der Waals surface area contributed by atoms with Crippen molar-refractivity contribution in [3.63, 3.8) is 0 Å². The van der Waals surface area contributed by atoms with Crippen molar-refractivity contribution in [3.8, 4) is 5.75 Å². The maximum atomic E-state index is 11.1. The number of fused-ring (bicyclic) bond motifs is 1. The van der Waals surface area contributed by atoms with Crippen LogP contribution in [0.5, 0.6) is 5.75 Å². The summed E-state index contributed by atoms with van der Waals surface area (Å²) >= 11 is 0. The van der Waals surface area contributed by atoms with E-state index in [1.54, 1.807) is 12.1 Å². The summed E-state index contributed by atoms with van der Waals surface area (Å²) in [4.78, 5) is 11.1. The molecule has 0 aliphatic rings. The summed E-state index contributed by atoms with van der Waals surface area (Å²) in [6.45, 7) is 7.24. The van der Waals surface area contributed by atoms with Crippen molar-refractivity contribution in [2.24, 2.45) is 5.92 Å². The van der Waals surface area contributed by atoms with Gasteiger partial charge in [0.05, 0.1) is 6.61 Å². The molecule has 22 heavy (non-hydrogen) atoms. The molecule has 2 aromatic rings. The number of ether oxygens (including phenoxy) is 1. The lowest BCUT2D eigenvalue weighted by molar-refractivity contribution is 0.280. The summed E-state index contributed by atoms with van der Waals surface area (Å²) in [7, 11) is 0. The van der Waals surface area contributed by atoms with Crippen LogP contribution in [0.15, 0.2) is 51.2 Å². The first-order valence-corrected chi connectivity index (χ1v) is 7.84. The molecule has 3 heteroatoms. The molecule has 0 aliphatic heterocycles. The first-order valence-electron chi connectivity index (χ1n) is 7.84. The molecule has 1 atom stereocenters. The third kappa shape index (κ3) is 5.06. The van der Waals surface area contributed by atoms with Crippen LogP contribution < -0.4 is 10.4 Å². The molecule has 0 spiro atoms. The van der Waals surface area contributed by atoms with Gasteiger partial charge >= 0.3 is 5.63 Å². The van der Waals surface area contributed by atoms with Gasteiger partial charge in [0.1, 0.15) is 11.3 Å². The number of rotatable bonds is 7. The Hall–Kier alpha value is -2.03. The van der Waals surface area contributed by atoms with Gasteiger partial charge < -0.3 is 9.15 Å². The van der Waals surface area contributed by atoms with E-state index < -0.39 is 0 Å². The van der Waals surface area contributed by atoms with Gasteiger partial charge in [0.2, 0.25) is 0 Å². The van der Waals surface area contributed by atoms with E-state index in [1.807, 2.05) is 12.1 Å². The second-order valence-corrected chi connectivity index (χ2v) is 6.06. The zero-order valence-corrected chi connectivity index (χ0v) is 13.6. The van der Waals surface area contributed by atoms with E-state index in [-0.39, 0.29) is 5.63 Å². The van der Waals surface area contributed by atoms with Gasteiger partial charge in [-0.1, -0.05) is 18.6 Å². The number of hydrogen-bond donors (Lipinski definition) is 0. The highest BCUT2D eigenvalue weighted by Gasteiger charge is 2.03.